The Kier molecular flexibility index (Phi) is 6.23. The molecule has 2 N–H and O–H groups in total. The average molecular weight is 294 g/mol. The number of carbonyl (C=O) groups is 1. The SMILES string of the molecule is CCC(O)C(=[Se])N[C@@H](C)C(=O)OC(C)(C)C. The molecular weight excluding hydrogens is 273 g/mol. The fourth-order valence-corrected chi connectivity index (χ4v) is 1.66. The van der Waals surface area contributed by atoms with Gasteiger partial charge in [0.15, 0.2) is 0 Å². The summed E-state index contributed by atoms with van der Waals surface area (Å²) in [6.45, 7) is 9.03. The minimum atomic E-state index is -0.579. The molecule has 0 spiro atoms. The summed E-state index contributed by atoms with van der Waals surface area (Å²) in [4.78, 5) is 11.6. The van der Waals surface area contributed by atoms with Crippen LogP contribution in [-0.2, 0) is 9.53 Å². The van der Waals surface area contributed by atoms with Crippen LogP contribution in [-0.4, -0.2) is 48.9 Å². The molecule has 0 rings (SSSR count). The molecule has 0 heterocycles. The summed E-state index contributed by atoms with van der Waals surface area (Å²) in [6, 6.07) is -0.475. The number of ether oxygens (including phenoxy) is 1. The Balaban J connectivity index is 4.21. The molecule has 0 saturated heterocycles. The topological polar surface area (TPSA) is 58.6 Å². The van der Waals surface area contributed by atoms with Gasteiger partial charge in [-0.2, -0.15) is 0 Å². The summed E-state index contributed by atoms with van der Waals surface area (Å²) >= 11 is 2.72. The fraction of sp³-hybridized carbons (Fsp3) is 0.818. The van der Waals surface area contributed by atoms with Gasteiger partial charge in [-0.3, -0.25) is 0 Å². The van der Waals surface area contributed by atoms with Crippen molar-refractivity contribution in [3.63, 3.8) is 0 Å². The Morgan fingerprint density at radius 2 is 2.00 bits per heavy atom. The molecule has 0 saturated carbocycles. The summed E-state index contributed by atoms with van der Waals surface area (Å²) in [6.07, 6.45) is 0.0148. The third kappa shape index (κ3) is 6.26. The van der Waals surface area contributed by atoms with Gasteiger partial charge in [-0.15, -0.1) is 0 Å². The van der Waals surface area contributed by atoms with Crippen LogP contribution < -0.4 is 5.32 Å². The van der Waals surface area contributed by atoms with E-state index >= 15 is 0 Å². The van der Waals surface area contributed by atoms with Crippen molar-refractivity contribution < 1.29 is 14.6 Å². The third-order valence-corrected chi connectivity index (χ3v) is 2.63. The first-order valence-electron chi connectivity index (χ1n) is 5.38. The van der Waals surface area contributed by atoms with E-state index in [0.29, 0.717) is 11.0 Å². The van der Waals surface area contributed by atoms with Gasteiger partial charge in [0.25, 0.3) is 0 Å². The molecule has 0 aliphatic rings. The molecule has 0 aromatic carbocycles. The molecule has 5 heteroatoms. The first-order valence-corrected chi connectivity index (χ1v) is 6.24. The van der Waals surface area contributed by atoms with E-state index in [1.165, 1.54) is 0 Å². The van der Waals surface area contributed by atoms with E-state index in [4.69, 9.17) is 4.74 Å². The van der Waals surface area contributed by atoms with Crippen molar-refractivity contribution in [3.8, 4) is 0 Å². The van der Waals surface area contributed by atoms with Crippen molar-refractivity contribution >= 4 is 26.1 Å². The Morgan fingerprint density at radius 3 is 2.38 bits per heavy atom. The molecular formula is C11H21NO3Se. The molecule has 0 aromatic rings. The van der Waals surface area contributed by atoms with E-state index in [0.717, 1.165) is 0 Å². The number of carbonyl (C=O) groups excluding carboxylic acids is 1. The van der Waals surface area contributed by atoms with Crippen molar-refractivity contribution in [2.24, 2.45) is 0 Å². The Bertz CT molecular complexity index is 260. The maximum atomic E-state index is 11.6. The van der Waals surface area contributed by atoms with Crippen molar-refractivity contribution in [2.75, 3.05) is 0 Å². The first kappa shape index (κ1) is 15.6. The predicted molar refractivity (Wildman–Crippen MR) is 65.5 cm³/mol. The molecule has 0 fully saturated rings. The van der Waals surface area contributed by atoms with Crippen LogP contribution >= 0.6 is 0 Å². The minimum absolute atomic E-state index is 0.330. The first-order chi connectivity index (χ1) is 7.17. The van der Waals surface area contributed by atoms with Crippen LogP contribution in [0.4, 0.5) is 0 Å². The second kappa shape index (κ2) is 6.38. The third-order valence-electron chi connectivity index (χ3n) is 1.81. The van der Waals surface area contributed by atoms with Crippen molar-refractivity contribution in [1.82, 2.24) is 5.32 Å². The van der Waals surface area contributed by atoms with E-state index in [-0.39, 0.29) is 5.97 Å². The van der Waals surface area contributed by atoms with Gasteiger partial charge >= 0.3 is 105 Å². The van der Waals surface area contributed by atoms with Gasteiger partial charge in [-0.1, -0.05) is 0 Å². The van der Waals surface area contributed by atoms with Crippen LogP contribution in [0.1, 0.15) is 41.0 Å². The van der Waals surface area contributed by atoms with Crippen LogP contribution in [0.15, 0.2) is 0 Å². The molecule has 0 bridgehead atoms. The molecule has 2 atom stereocenters. The second-order valence-corrected chi connectivity index (χ2v) is 5.61. The number of esters is 1. The molecule has 0 radical (unpaired) electrons. The summed E-state index contributed by atoms with van der Waals surface area (Å²) in [5.74, 6) is -0.330. The second-order valence-electron chi connectivity index (χ2n) is 4.69. The molecule has 0 aliphatic carbocycles. The number of rotatable bonds is 5. The number of nitrogens with one attached hydrogen (secondary N) is 1. The van der Waals surface area contributed by atoms with Crippen molar-refractivity contribution in [2.45, 2.75) is 58.8 Å². The zero-order chi connectivity index (χ0) is 12.9. The van der Waals surface area contributed by atoms with Gasteiger partial charge in [0.1, 0.15) is 0 Å². The number of aliphatic hydroxyl groups is 1. The standard InChI is InChI=1S/C11H21NO3Se/c1-6-8(13)9(16)12-7(2)10(14)15-11(3,4)5/h7-8,13H,6H2,1-5H3,(H,12,16)/t7-,8?/m0/s1. The van der Waals surface area contributed by atoms with E-state index in [2.05, 4.69) is 20.9 Å². The van der Waals surface area contributed by atoms with Crippen molar-refractivity contribution in [3.05, 3.63) is 0 Å². The number of aliphatic hydroxyl groups excluding tert-OH is 1. The Morgan fingerprint density at radius 1 is 1.50 bits per heavy atom. The normalized spacial score (nSPS) is 15.1. The summed E-state index contributed by atoms with van der Waals surface area (Å²) in [7, 11) is 0. The zero-order valence-electron chi connectivity index (χ0n) is 10.5. The van der Waals surface area contributed by atoms with Crippen LogP contribution in [0.2, 0.25) is 0 Å². The number of hydrogen-bond donors (Lipinski definition) is 2. The fourth-order valence-electron chi connectivity index (χ4n) is 0.944. The molecule has 0 aromatic heterocycles. The molecule has 94 valence electrons. The van der Waals surface area contributed by atoms with Gasteiger partial charge in [0.05, 0.1) is 0 Å². The van der Waals surface area contributed by atoms with Gasteiger partial charge in [0, 0.05) is 0 Å². The summed E-state index contributed by atoms with van der Waals surface area (Å²) in [5, 5.41) is 12.4. The van der Waals surface area contributed by atoms with Crippen LogP contribution in [0.3, 0.4) is 0 Å². The van der Waals surface area contributed by atoms with E-state index in [1.54, 1.807) is 6.92 Å². The van der Waals surface area contributed by atoms with Gasteiger partial charge in [0.2, 0.25) is 0 Å². The molecule has 4 nitrogen and oxygen atoms in total. The molecule has 16 heavy (non-hydrogen) atoms. The number of hydrogen-bond acceptors (Lipinski definition) is 4. The quantitative estimate of drug-likeness (QED) is 0.568. The van der Waals surface area contributed by atoms with Crippen LogP contribution in [0.25, 0.3) is 0 Å². The van der Waals surface area contributed by atoms with Gasteiger partial charge < -0.3 is 0 Å². The van der Waals surface area contributed by atoms with Crippen LogP contribution in [0.5, 0.6) is 0 Å². The average Bonchev–Trinajstić information content (AvgIpc) is 2.13. The Labute approximate surface area is 105 Å². The monoisotopic (exact) mass is 295 g/mol. The predicted octanol–water partition coefficient (Wildman–Crippen LogP) is 0.375. The molecule has 0 aliphatic heterocycles. The molecule has 1 unspecified atom stereocenters. The zero-order valence-corrected chi connectivity index (χ0v) is 12.2. The van der Waals surface area contributed by atoms with Gasteiger partial charge in [-0.25, -0.2) is 0 Å². The van der Waals surface area contributed by atoms with E-state index < -0.39 is 17.7 Å². The van der Waals surface area contributed by atoms with Crippen LogP contribution in [0, 0.1) is 0 Å². The summed E-state index contributed by atoms with van der Waals surface area (Å²) < 4.78 is 5.77. The van der Waals surface area contributed by atoms with Gasteiger partial charge in [-0.05, 0) is 0 Å². The van der Waals surface area contributed by atoms with E-state index in [9.17, 15) is 9.90 Å². The van der Waals surface area contributed by atoms with E-state index in [1.807, 2.05) is 27.7 Å². The molecule has 0 amide bonds. The Hall–Kier alpha value is -0.381. The van der Waals surface area contributed by atoms with Crippen molar-refractivity contribution in [1.29, 1.82) is 0 Å². The summed E-state index contributed by atoms with van der Waals surface area (Å²) in [5.41, 5.74) is -0.492. The maximum absolute atomic E-state index is 11.6.